The van der Waals surface area contributed by atoms with Gasteiger partial charge in [-0.2, -0.15) is 5.10 Å². The Labute approximate surface area is 180 Å². The van der Waals surface area contributed by atoms with Gasteiger partial charge in [-0.1, -0.05) is 11.6 Å². The zero-order valence-electron chi connectivity index (χ0n) is 17.1. The highest BCUT2D eigenvalue weighted by molar-refractivity contribution is 6.30. The van der Waals surface area contributed by atoms with Gasteiger partial charge in [0.25, 0.3) is 0 Å². The van der Waals surface area contributed by atoms with Gasteiger partial charge in [-0.15, -0.1) is 0 Å². The topological polar surface area (TPSA) is 113 Å². The van der Waals surface area contributed by atoms with Gasteiger partial charge in [0.1, 0.15) is 29.6 Å². The number of primary amides is 1. The maximum absolute atomic E-state index is 12.8. The van der Waals surface area contributed by atoms with Crippen molar-refractivity contribution in [1.82, 2.24) is 19.7 Å². The average Bonchev–Trinajstić information content (AvgIpc) is 3.02. The SMILES string of the molecule is Cc1nc(C)n(CCC(=O)N2CCOC(COc3ccc(Cl)cc3)(CC(N)=O)C2)n1. The second-order valence-electron chi connectivity index (χ2n) is 7.41. The summed E-state index contributed by atoms with van der Waals surface area (Å²) in [7, 11) is 0. The molecule has 2 N–H and O–H groups in total. The van der Waals surface area contributed by atoms with E-state index in [-0.39, 0.29) is 31.9 Å². The van der Waals surface area contributed by atoms with E-state index in [2.05, 4.69) is 10.1 Å². The lowest BCUT2D eigenvalue weighted by atomic mass is 9.97. The molecular weight excluding hydrogens is 410 g/mol. The van der Waals surface area contributed by atoms with Crippen molar-refractivity contribution in [2.45, 2.75) is 38.8 Å². The number of hydrogen-bond acceptors (Lipinski definition) is 6. The third-order valence-electron chi connectivity index (χ3n) is 4.91. The number of nitrogens with zero attached hydrogens (tertiary/aromatic N) is 4. The van der Waals surface area contributed by atoms with Crippen molar-refractivity contribution in [2.24, 2.45) is 5.73 Å². The molecule has 1 fully saturated rings. The maximum Gasteiger partial charge on any atom is 0.224 e. The van der Waals surface area contributed by atoms with Crippen LogP contribution < -0.4 is 10.5 Å². The molecule has 2 heterocycles. The van der Waals surface area contributed by atoms with Gasteiger partial charge in [0.05, 0.1) is 26.1 Å². The molecule has 1 aromatic carbocycles. The number of nitrogens with two attached hydrogens (primary N) is 1. The lowest BCUT2D eigenvalue weighted by molar-refractivity contribution is -0.162. The van der Waals surface area contributed by atoms with Crippen LogP contribution >= 0.6 is 11.6 Å². The van der Waals surface area contributed by atoms with Crippen LogP contribution in [0.3, 0.4) is 0 Å². The van der Waals surface area contributed by atoms with Gasteiger partial charge < -0.3 is 20.1 Å². The number of halogens is 1. The summed E-state index contributed by atoms with van der Waals surface area (Å²) in [6, 6.07) is 6.88. The molecule has 1 aliphatic heterocycles. The third kappa shape index (κ3) is 5.70. The molecule has 1 saturated heterocycles. The molecule has 1 aromatic heterocycles. The summed E-state index contributed by atoms with van der Waals surface area (Å²) in [6.07, 6.45) is 0.222. The van der Waals surface area contributed by atoms with Crippen LogP contribution in [-0.4, -0.2) is 63.4 Å². The average molecular weight is 436 g/mol. The first-order valence-electron chi connectivity index (χ1n) is 9.73. The molecule has 162 valence electrons. The van der Waals surface area contributed by atoms with Crippen LogP contribution in [0.2, 0.25) is 5.02 Å². The number of aryl methyl sites for hydroxylation is 3. The van der Waals surface area contributed by atoms with Crippen LogP contribution in [0.5, 0.6) is 5.75 Å². The Balaban J connectivity index is 1.64. The van der Waals surface area contributed by atoms with Gasteiger partial charge in [0.2, 0.25) is 11.8 Å². The molecule has 1 atom stereocenters. The van der Waals surface area contributed by atoms with Crippen molar-refractivity contribution in [3.05, 3.63) is 40.9 Å². The molecule has 3 rings (SSSR count). The summed E-state index contributed by atoms with van der Waals surface area (Å²) < 4.78 is 13.5. The molecule has 9 nitrogen and oxygen atoms in total. The quantitative estimate of drug-likeness (QED) is 0.672. The van der Waals surface area contributed by atoms with E-state index in [4.69, 9.17) is 26.8 Å². The molecule has 2 aromatic rings. The monoisotopic (exact) mass is 435 g/mol. The molecule has 1 aliphatic rings. The van der Waals surface area contributed by atoms with E-state index in [1.165, 1.54) is 0 Å². The Morgan fingerprint density at radius 2 is 2.03 bits per heavy atom. The van der Waals surface area contributed by atoms with E-state index in [0.717, 1.165) is 5.82 Å². The highest BCUT2D eigenvalue weighted by Crippen LogP contribution is 2.25. The summed E-state index contributed by atoms with van der Waals surface area (Å²) in [5, 5.41) is 4.88. The minimum Gasteiger partial charge on any atom is -0.490 e. The van der Waals surface area contributed by atoms with E-state index in [9.17, 15) is 9.59 Å². The maximum atomic E-state index is 12.8. The van der Waals surface area contributed by atoms with Crippen molar-refractivity contribution < 1.29 is 19.1 Å². The van der Waals surface area contributed by atoms with Crippen molar-refractivity contribution in [3.8, 4) is 5.75 Å². The summed E-state index contributed by atoms with van der Waals surface area (Å²) in [5.41, 5.74) is 4.46. The normalized spacial score (nSPS) is 19.0. The van der Waals surface area contributed by atoms with Crippen LogP contribution in [0.1, 0.15) is 24.5 Å². The zero-order chi connectivity index (χ0) is 21.7. The zero-order valence-corrected chi connectivity index (χ0v) is 17.9. The minimum absolute atomic E-state index is 0.0498. The summed E-state index contributed by atoms with van der Waals surface area (Å²) in [4.78, 5) is 30.5. The van der Waals surface area contributed by atoms with Gasteiger partial charge in [-0.3, -0.25) is 9.59 Å². The van der Waals surface area contributed by atoms with Gasteiger partial charge in [-0.05, 0) is 38.1 Å². The molecule has 0 aliphatic carbocycles. The molecule has 2 amide bonds. The predicted octanol–water partition coefficient (Wildman–Crippen LogP) is 1.49. The largest absolute Gasteiger partial charge is 0.490 e. The molecule has 30 heavy (non-hydrogen) atoms. The van der Waals surface area contributed by atoms with Crippen LogP contribution in [0.25, 0.3) is 0 Å². The number of aromatic nitrogens is 3. The number of rotatable bonds is 8. The Bertz CT molecular complexity index is 901. The van der Waals surface area contributed by atoms with E-state index >= 15 is 0 Å². The Kier molecular flexibility index (Phi) is 6.94. The molecule has 0 bridgehead atoms. The fourth-order valence-corrected chi connectivity index (χ4v) is 3.62. The Hall–Kier alpha value is -2.65. The Morgan fingerprint density at radius 1 is 1.30 bits per heavy atom. The number of morpholine rings is 1. The van der Waals surface area contributed by atoms with E-state index in [1.54, 1.807) is 33.8 Å². The second-order valence-corrected chi connectivity index (χ2v) is 7.85. The standard InChI is InChI=1S/C20H26ClN5O4/c1-14-23-15(2)26(24-14)8-7-19(28)25-9-10-30-20(12-25,11-18(22)27)13-29-17-5-3-16(21)4-6-17/h3-6H,7-13H2,1-2H3,(H2,22,27). The number of amides is 2. The van der Waals surface area contributed by atoms with Crippen LogP contribution in [0.4, 0.5) is 0 Å². The first kappa shape index (κ1) is 22.0. The molecule has 10 heteroatoms. The van der Waals surface area contributed by atoms with Crippen LogP contribution in [0.15, 0.2) is 24.3 Å². The number of ether oxygens (including phenoxy) is 2. The van der Waals surface area contributed by atoms with Gasteiger partial charge in [0, 0.05) is 18.0 Å². The smallest absolute Gasteiger partial charge is 0.224 e. The molecular formula is C20H26ClN5O4. The van der Waals surface area contributed by atoms with Crippen LogP contribution in [-0.2, 0) is 20.9 Å². The molecule has 1 unspecified atom stereocenters. The van der Waals surface area contributed by atoms with E-state index in [1.807, 2.05) is 13.8 Å². The van der Waals surface area contributed by atoms with Gasteiger partial charge in [-0.25, -0.2) is 9.67 Å². The lowest BCUT2D eigenvalue weighted by Gasteiger charge is -2.42. The molecule has 0 radical (unpaired) electrons. The molecule has 0 saturated carbocycles. The van der Waals surface area contributed by atoms with E-state index in [0.29, 0.717) is 36.3 Å². The fraction of sp³-hybridized carbons (Fsp3) is 0.500. The third-order valence-corrected chi connectivity index (χ3v) is 5.17. The predicted molar refractivity (Wildman–Crippen MR) is 110 cm³/mol. The number of carbonyl (C=O) groups excluding carboxylic acids is 2. The number of carbonyl (C=O) groups is 2. The highest BCUT2D eigenvalue weighted by atomic mass is 35.5. The summed E-state index contributed by atoms with van der Waals surface area (Å²) in [6.45, 7) is 5.14. The summed E-state index contributed by atoms with van der Waals surface area (Å²) in [5.74, 6) is 1.46. The van der Waals surface area contributed by atoms with Crippen LogP contribution in [0, 0.1) is 13.8 Å². The van der Waals surface area contributed by atoms with Crippen molar-refractivity contribution in [3.63, 3.8) is 0 Å². The Morgan fingerprint density at radius 3 is 2.67 bits per heavy atom. The first-order valence-corrected chi connectivity index (χ1v) is 10.1. The van der Waals surface area contributed by atoms with Crippen molar-refractivity contribution in [1.29, 1.82) is 0 Å². The number of benzene rings is 1. The van der Waals surface area contributed by atoms with Gasteiger partial charge in [0.15, 0.2) is 0 Å². The molecule has 0 spiro atoms. The van der Waals surface area contributed by atoms with Crippen molar-refractivity contribution in [2.75, 3.05) is 26.3 Å². The second kappa shape index (κ2) is 9.44. The number of hydrogen-bond donors (Lipinski definition) is 1. The van der Waals surface area contributed by atoms with Crippen molar-refractivity contribution >= 4 is 23.4 Å². The summed E-state index contributed by atoms with van der Waals surface area (Å²) >= 11 is 5.90. The highest BCUT2D eigenvalue weighted by Gasteiger charge is 2.40. The van der Waals surface area contributed by atoms with Gasteiger partial charge >= 0.3 is 0 Å². The lowest BCUT2D eigenvalue weighted by Crippen LogP contribution is -2.58. The fourth-order valence-electron chi connectivity index (χ4n) is 3.50. The van der Waals surface area contributed by atoms with E-state index < -0.39 is 11.5 Å². The minimum atomic E-state index is -1.00. The first-order chi connectivity index (χ1) is 14.3.